The first-order valence-electron chi connectivity index (χ1n) is 7.32. The second kappa shape index (κ2) is 5.45. The van der Waals surface area contributed by atoms with E-state index in [9.17, 15) is 0 Å². The largest absolute Gasteiger partial charge is 0.493 e. The quantitative estimate of drug-likeness (QED) is 0.878. The minimum atomic E-state index is 0.486. The molecule has 3 rings (SSSR count). The molecule has 0 heterocycles. The molecule has 2 nitrogen and oxygen atoms in total. The third-order valence-electron chi connectivity index (χ3n) is 4.68. The van der Waals surface area contributed by atoms with Gasteiger partial charge in [0.1, 0.15) is 5.75 Å². The summed E-state index contributed by atoms with van der Waals surface area (Å²) in [5.41, 5.74) is 1.38. The van der Waals surface area contributed by atoms with Crippen LogP contribution in [0.2, 0.25) is 0 Å². The molecular formula is C16H22BrNO. The van der Waals surface area contributed by atoms with Gasteiger partial charge in [-0.3, -0.25) is 0 Å². The highest BCUT2D eigenvalue weighted by Crippen LogP contribution is 2.57. The maximum absolute atomic E-state index is 5.59. The number of fused-ring (bicyclic) bond motifs is 1. The lowest BCUT2D eigenvalue weighted by molar-refractivity contribution is 0.336. The molecule has 2 aliphatic carbocycles. The fraction of sp³-hybridized carbons (Fsp3) is 0.625. The van der Waals surface area contributed by atoms with E-state index in [1.165, 1.54) is 24.8 Å². The third kappa shape index (κ3) is 2.68. The van der Waals surface area contributed by atoms with E-state index in [-0.39, 0.29) is 0 Å². The molecule has 2 saturated carbocycles. The van der Waals surface area contributed by atoms with Gasteiger partial charge in [0.25, 0.3) is 0 Å². The van der Waals surface area contributed by atoms with Gasteiger partial charge >= 0.3 is 0 Å². The summed E-state index contributed by atoms with van der Waals surface area (Å²) in [4.78, 5) is 0. The number of halogens is 1. The van der Waals surface area contributed by atoms with Gasteiger partial charge in [-0.05, 0) is 84.6 Å². The molecule has 3 atom stereocenters. The number of benzene rings is 1. The fourth-order valence-corrected chi connectivity index (χ4v) is 4.20. The van der Waals surface area contributed by atoms with E-state index in [1.54, 1.807) is 0 Å². The van der Waals surface area contributed by atoms with Gasteiger partial charge in [0.15, 0.2) is 0 Å². The van der Waals surface area contributed by atoms with Crippen LogP contribution in [0.3, 0.4) is 0 Å². The second-order valence-corrected chi connectivity index (χ2v) is 6.73. The summed E-state index contributed by atoms with van der Waals surface area (Å²) in [6, 6.07) is 7.00. The first-order valence-corrected chi connectivity index (χ1v) is 8.11. The molecule has 0 saturated heterocycles. The molecule has 0 bridgehead atoms. The van der Waals surface area contributed by atoms with E-state index in [0.717, 1.165) is 28.0 Å². The maximum Gasteiger partial charge on any atom is 0.133 e. The SMILES string of the molecule is CCOc1ccc(C(NC)C2CC3CC3C2)cc1Br. The molecule has 2 aliphatic rings. The van der Waals surface area contributed by atoms with Crippen LogP contribution in [0.1, 0.15) is 37.8 Å². The predicted molar refractivity (Wildman–Crippen MR) is 81.4 cm³/mol. The highest BCUT2D eigenvalue weighted by atomic mass is 79.9. The highest BCUT2D eigenvalue weighted by molar-refractivity contribution is 9.10. The number of hydrogen-bond acceptors (Lipinski definition) is 2. The Morgan fingerprint density at radius 3 is 2.63 bits per heavy atom. The maximum atomic E-state index is 5.59. The summed E-state index contributed by atoms with van der Waals surface area (Å²) in [6.45, 7) is 2.72. The molecule has 104 valence electrons. The van der Waals surface area contributed by atoms with E-state index >= 15 is 0 Å². The summed E-state index contributed by atoms with van der Waals surface area (Å²) in [7, 11) is 2.08. The number of rotatable bonds is 5. The standard InChI is InChI=1S/C16H22BrNO/c1-3-19-15-5-4-10(9-14(15)17)16(18-2)13-7-11-6-12(11)8-13/h4-5,9,11-13,16,18H,3,6-8H2,1-2H3. The Hall–Kier alpha value is -0.540. The van der Waals surface area contributed by atoms with Crippen molar-refractivity contribution >= 4 is 15.9 Å². The molecule has 2 fully saturated rings. The van der Waals surface area contributed by atoms with Crippen molar-refractivity contribution < 1.29 is 4.74 Å². The molecule has 1 aromatic rings. The van der Waals surface area contributed by atoms with E-state index in [1.807, 2.05) is 6.92 Å². The molecule has 0 radical (unpaired) electrons. The molecule has 0 aromatic heterocycles. The van der Waals surface area contributed by atoms with Crippen LogP contribution in [0.15, 0.2) is 22.7 Å². The molecule has 1 N–H and O–H groups in total. The lowest BCUT2D eigenvalue weighted by atomic mass is 9.89. The molecule has 1 aromatic carbocycles. The summed E-state index contributed by atoms with van der Waals surface area (Å²) in [5.74, 6) is 3.81. The topological polar surface area (TPSA) is 21.3 Å². The Balaban J connectivity index is 1.77. The fourth-order valence-electron chi connectivity index (χ4n) is 3.69. The molecule has 0 amide bonds. The third-order valence-corrected chi connectivity index (χ3v) is 5.30. The van der Waals surface area contributed by atoms with Crippen LogP contribution in [-0.2, 0) is 0 Å². The predicted octanol–water partition coefficient (Wildman–Crippen LogP) is 4.15. The summed E-state index contributed by atoms with van der Waals surface area (Å²) >= 11 is 3.62. The van der Waals surface area contributed by atoms with Crippen LogP contribution in [0, 0.1) is 17.8 Å². The zero-order valence-corrected chi connectivity index (χ0v) is 13.2. The van der Waals surface area contributed by atoms with Gasteiger partial charge in [-0.25, -0.2) is 0 Å². The molecule has 0 aliphatic heterocycles. The van der Waals surface area contributed by atoms with Gasteiger partial charge in [0.05, 0.1) is 11.1 Å². The van der Waals surface area contributed by atoms with E-state index in [4.69, 9.17) is 4.74 Å². The minimum absolute atomic E-state index is 0.486. The van der Waals surface area contributed by atoms with Gasteiger partial charge in [0, 0.05) is 6.04 Å². The Kier molecular flexibility index (Phi) is 3.86. The van der Waals surface area contributed by atoms with Gasteiger partial charge in [0.2, 0.25) is 0 Å². The molecule has 19 heavy (non-hydrogen) atoms. The smallest absolute Gasteiger partial charge is 0.133 e. The van der Waals surface area contributed by atoms with Crippen molar-refractivity contribution in [1.82, 2.24) is 5.32 Å². The van der Waals surface area contributed by atoms with Crippen molar-refractivity contribution in [2.45, 2.75) is 32.2 Å². The number of nitrogens with one attached hydrogen (secondary N) is 1. The van der Waals surface area contributed by atoms with E-state index in [0.29, 0.717) is 12.6 Å². The molecule has 3 unspecified atom stereocenters. The Labute approximate surface area is 124 Å². The first kappa shape index (κ1) is 13.4. The van der Waals surface area contributed by atoms with Crippen LogP contribution in [0.25, 0.3) is 0 Å². The lowest BCUT2D eigenvalue weighted by Crippen LogP contribution is -2.24. The Bertz CT molecular complexity index is 452. The van der Waals surface area contributed by atoms with Crippen LogP contribution >= 0.6 is 15.9 Å². The average Bonchev–Trinajstić information content (AvgIpc) is 3.01. The Morgan fingerprint density at radius 1 is 1.32 bits per heavy atom. The van der Waals surface area contributed by atoms with Gasteiger partial charge in [-0.2, -0.15) is 0 Å². The zero-order valence-electron chi connectivity index (χ0n) is 11.7. The van der Waals surface area contributed by atoms with Gasteiger partial charge in [-0.1, -0.05) is 6.07 Å². The van der Waals surface area contributed by atoms with E-state index in [2.05, 4.69) is 46.5 Å². The molecular weight excluding hydrogens is 302 g/mol. The lowest BCUT2D eigenvalue weighted by Gasteiger charge is -2.25. The van der Waals surface area contributed by atoms with Crippen molar-refractivity contribution in [3.8, 4) is 5.75 Å². The monoisotopic (exact) mass is 323 g/mol. The van der Waals surface area contributed by atoms with Crippen molar-refractivity contribution in [1.29, 1.82) is 0 Å². The minimum Gasteiger partial charge on any atom is -0.493 e. The van der Waals surface area contributed by atoms with E-state index < -0.39 is 0 Å². The highest BCUT2D eigenvalue weighted by Gasteiger charge is 2.47. The molecule has 0 spiro atoms. The van der Waals surface area contributed by atoms with Gasteiger partial charge in [-0.15, -0.1) is 0 Å². The van der Waals surface area contributed by atoms with Crippen LogP contribution in [-0.4, -0.2) is 13.7 Å². The van der Waals surface area contributed by atoms with Crippen molar-refractivity contribution in [2.24, 2.45) is 17.8 Å². The average molecular weight is 324 g/mol. The summed E-state index contributed by atoms with van der Waals surface area (Å²) in [5, 5.41) is 3.52. The van der Waals surface area contributed by atoms with Crippen molar-refractivity contribution in [3.63, 3.8) is 0 Å². The normalized spacial score (nSPS) is 29.9. The Morgan fingerprint density at radius 2 is 2.05 bits per heavy atom. The van der Waals surface area contributed by atoms with Gasteiger partial charge < -0.3 is 10.1 Å². The number of hydrogen-bond donors (Lipinski definition) is 1. The van der Waals surface area contributed by atoms with Crippen LogP contribution in [0.4, 0.5) is 0 Å². The molecule has 3 heteroatoms. The second-order valence-electron chi connectivity index (χ2n) is 5.88. The summed E-state index contributed by atoms with van der Waals surface area (Å²) in [6.07, 6.45) is 4.29. The van der Waals surface area contributed by atoms with Crippen molar-refractivity contribution in [2.75, 3.05) is 13.7 Å². The zero-order chi connectivity index (χ0) is 13.4. The number of ether oxygens (including phenoxy) is 1. The first-order chi connectivity index (χ1) is 9.22. The summed E-state index contributed by atoms with van der Waals surface area (Å²) < 4.78 is 6.65. The van der Waals surface area contributed by atoms with Crippen molar-refractivity contribution in [3.05, 3.63) is 28.2 Å². The van der Waals surface area contributed by atoms with Crippen LogP contribution < -0.4 is 10.1 Å². The van der Waals surface area contributed by atoms with Crippen LogP contribution in [0.5, 0.6) is 5.75 Å².